The summed E-state index contributed by atoms with van der Waals surface area (Å²) in [5, 5.41) is 2.65. The molecule has 122 valence electrons. The van der Waals surface area contributed by atoms with Crippen LogP contribution >= 0.6 is 11.6 Å². The van der Waals surface area contributed by atoms with Gasteiger partial charge in [0.25, 0.3) is 5.91 Å². The standard InChI is InChI=1S/C16H13ClF3NO2/c1-10-7-14(23-9-16(18,19)20)12(17)8-13(10)21-15(22)11-5-3-2-4-6-11/h2-8H,9H2,1H3,(H,21,22). The Kier molecular flexibility index (Phi) is 5.15. The maximum absolute atomic E-state index is 12.2. The summed E-state index contributed by atoms with van der Waals surface area (Å²) in [7, 11) is 0. The van der Waals surface area contributed by atoms with Crippen LogP contribution in [-0.4, -0.2) is 18.7 Å². The fourth-order valence-electron chi connectivity index (χ4n) is 1.84. The number of halogens is 4. The van der Waals surface area contributed by atoms with E-state index in [2.05, 4.69) is 10.1 Å². The van der Waals surface area contributed by atoms with Crippen LogP contribution in [0, 0.1) is 6.92 Å². The van der Waals surface area contributed by atoms with E-state index in [9.17, 15) is 18.0 Å². The summed E-state index contributed by atoms with van der Waals surface area (Å²) in [5.41, 5.74) is 1.40. The number of carbonyl (C=O) groups is 1. The molecule has 0 saturated heterocycles. The number of anilines is 1. The predicted octanol–water partition coefficient (Wildman–Crippen LogP) is 4.84. The summed E-state index contributed by atoms with van der Waals surface area (Å²) in [6, 6.07) is 11.2. The van der Waals surface area contributed by atoms with E-state index < -0.39 is 12.8 Å². The molecule has 0 unspecified atom stereocenters. The molecule has 2 rings (SSSR count). The highest BCUT2D eigenvalue weighted by Crippen LogP contribution is 2.32. The number of rotatable bonds is 4. The van der Waals surface area contributed by atoms with Gasteiger partial charge in [-0.1, -0.05) is 29.8 Å². The maximum atomic E-state index is 12.2. The zero-order valence-corrected chi connectivity index (χ0v) is 12.8. The molecule has 3 nitrogen and oxygen atoms in total. The Bertz CT molecular complexity index is 702. The molecule has 0 atom stereocenters. The van der Waals surface area contributed by atoms with Gasteiger partial charge < -0.3 is 10.1 Å². The van der Waals surface area contributed by atoms with Gasteiger partial charge in [-0.2, -0.15) is 13.2 Å². The van der Waals surface area contributed by atoms with E-state index in [1.807, 2.05) is 0 Å². The molecule has 0 radical (unpaired) electrons. The van der Waals surface area contributed by atoms with Gasteiger partial charge in [0, 0.05) is 11.3 Å². The van der Waals surface area contributed by atoms with Crippen molar-refractivity contribution in [2.45, 2.75) is 13.1 Å². The summed E-state index contributed by atoms with van der Waals surface area (Å²) in [6.45, 7) is 0.208. The summed E-state index contributed by atoms with van der Waals surface area (Å²) in [6.07, 6.45) is -4.45. The van der Waals surface area contributed by atoms with Gasteiger partial charge in [-0.05, 0) is 36.8 Å². The quantitative estimate of drug-likeness (QED) is 0.862. The average Bonchev–Trinajstić information content (AvgIpc) is 2.49. The molecule has 0 saturated carbocycles. The molecule has 0 fully saturated rings. The number of nitrogens with one attached hydrogen (secondary N) is 1. The normalized spacial score (nSPS) is 11.2. The topological polar surface area (TPSA) is 38.3 Å². The number of alkyl halides is 3. The Morgan fingerprint density at radius 2 is 1.87 bits per heavy atom. The summed E-state index contributed by atoms with van der Waals surface area (Å²) >= 11 is 5.92. The molecular formula is C16H13ClF3NO2. The second-order valence-corrected chi connectivity index (χ2v) is 5.23. The van der Waals surface area contributed by atoms with Gasteiger partial charge in [0.1, 0.15) is 5.75 Å². The van der Waals surface area contributed by atoms with Gasteiger partial charge in [0.2, 0.25) is 0 Å². The summed E-state index contributed by atoms with van der Waals surface area (Å²) in [5.74, 6) is -0.423. The van der Waals surface area contributed by atoms with Crippen LogP contribution in [0.4, 0.5) is 18.9 Å². The molecule has 0 aliphatic carbocycles. The van der Waals surface area contributed by atoms with Crippen LogP contribution in [0.3, 0.4) is 0 Å². The van der Waals surface area contributed by atoms with E-state index in [4.69, 9.17) is 11.6 Å². The molecule has 1 amide bonds. The van der Waals surface area contributed by atoms with Gasteiger partial charge >= 0.3 is 6.18 Å². The van der Waals surface area contributed by atoms with Crippen molar-refractivity contribution in [2.24, 2.45) is 0 Å². The molecule has 1 N–H and O–H groups in total. The molecule has 0 aliphatic heterocycles. The molecule has 7 heteroatoms. The van der Waals surface area contributed by atoms with Crippen molar-refractivity contribution in [1.29, 1.82) is 0 Å². The number of hydrogen-bond acceptors (Lipinski definition) is 2. The van der Waals surface area contributed by atoms with Gasteiger partial charge in [0.15, 0.2) is 6.61 Å². The Morgan fingerprint density at radius 1 is 1.22 bits per heavy atom. The maximum Gasteiger partial charge on any atom is 0.422 e. The Labute approximate surface area is 136 Å². The Hall–Kier alpha value is -2.21. The number of carbonyl (C=O) groups excluding carboxylic acids is 1. The van der Waals surface area contributed by atoms with E-state index in [1.54, 1.807) is 37.3 Å². The minimum Gasteiger partial charge on any atom is -0.483 e. The number of benzene rings is 2. The molecule has 0 aromatic heterocycles. The highest BCUT2D eigenvalue weighted by atomic mass is 35.5. The van der Waals surface area contributed by atoms with E-state index >= 15 is 0 Å². The lowest BCUT2D eigenvalue weighted by atomic mass is 10.1. The third-order valence-electron chi connectivity index (χ3n) is 2.95. The van der Waals surface area contributed by atoms with Gasteiger partial charge in [0.05, 0.1) is 5.02 Å². The highest BCUT2D eigenvalue weighted by Gasteiger charge is 2.29. The summed E-state index contributed by atoms with van der Waals surface area (Å²) < 4.78 is 41.2. The van der Waals surface area contributed by atoms with E-state index in [0.717, 1.165) is 0 Å². The Balaban J connectivity index is 2.15. The minimum absolute atomic E-state index is 0.0109. The third-order valence-corrected chi connectivity index (χ3v) is 3.25. The van der Waals surface area contributed by atoms with E-state index in [-0.39, 0.29) is 16.7 Å². The first-order valence-electron chi connectivity index (χ1n) is 6.62. The number of hydrogen-bond donors (Lipinski definition) is 1. The van der Waals surface area contributed by atoms with Gasteiger partial charge in [-0.3, -0.25) is 4.79 Å². The minimum atomic E-state index is -4.45. The first kappa shape index (κ1) is 17.1. The monoisotopic (exact) mass is 343 g/mol. The van der Waals surface area contributed by atoms with Crippen LogP contribution in [-0.2, 0) is 0 Å². The highest BCUT2D eigenvalue weighted by molar-refractivity contribution is 6.32. The zero-order valence-electron chi connectivity index (χ0n) is 12.1. The van der Waals surface area contributed by atoms with Crippen LogP contribution in [0.2, 0.25) is 5.02 Å². The van der Waals surface area contributed by atoms with Crippen molar-refractivity contribution in [1.82, 2.24) is 0 Å². The van der Waals surface area contributed by atoms with Crippen LogP contribution in [0.15, 0.2) is 42.5 Å². The van der Waals surface area contributed by atoms with Crippen LogP contribution in [0.25, 0.3) is 0 Å². The molecule has 2 aromatic carbocycles. The second kappa shape index (κ2) is 6.91. The lowest BCUT2D eigenvalue weighted by Gasteiger charge is -2.14. The van der Waals surface area contributed by atoms with Crippen molar-refractivity contribution in [3.63, 3.8) is 0 Å². The largest absolute Gasteiger partial charge is 0.483 e. The molecule has 0 spiro atoms. The summed E-state index contributed by atoms with van der Waals surface area (Å²) in [4.78, 5) is 12.1. The van der Waals surface area contributed by atoms with Crippen LogP contribution < -0.4 is 10.1 Å². The molecular weight excluding hydrogens is 331 g/mol. The average molecular weight is 344 g/mol. The van der Waals surface area contributed by atoms with E-state index in [1.165, 1.54) is 12.1 Å². The van der Waals surface area contributed by atoms with Crippen molar-refractivity contribution >= 4 is 23.2 Å². The number of ether oxygens (including phenoxy) is 1. The zero-order chi connectivity index (χ0) is 17.0. The van der Waals surface area contributed by atoms with Crippen molar-refractivity contribution in [3.8, 4) is 5.75 Å². The molecule has 0 bridgehead atoms. The van der Waals surface area contributed by atoms with Crippen LogP contribution in [0.5, 0.6) is 5.75 Å². The molecule has 0 aliphatic rings. The SMILES string of the molecule is Cc1cc(OCC(F)(F)F)c(Cl)cc1NC(=O)c1ccccc1. The predicted molar refractivity (Wildman–Crippen MR) is 82.1 cm³/mol. The smallest absolute Gasteiger partial charge is 0.422 e. The number of aryl methyl sites for hydroxylation is 1. The fraction of sp³-hybridized carbons (Fsp3) is 0.188. The fourth-order valence-corrected chi connectivity index (χ4v) is 2.06. The van der Waals surface area contributed by atoms with Crippen molar-refractivity contribution < 1.29 is 22.7 Å². The Morgan fingerprint density at radius 3 is 2.48 bits per heavy atom. The molecule has 0 heterocycles. The second-order valence-electron chi connectivity index (χ2n) is 4.82. The van der Waals surface area contributed by atoms with Crippen LogP contribution in [0.1, 0.15) is 15.9 Å². The van der Waals surface area contributed by atoms with Crippen molar-refractivity contribution in [3.05, 3.63) is 58.6 Å². The van der Waals surface area contributed by atoms with Crippen molar-refractivity contribution in [2.75, 3.05) is 11.9 Å². The lowest BCUT2D eigenvalue weighted by molar-refractivity contribution is -0.153. The third kappa shape index (κ3) is 4.89. The molecule has 2 aromatic rings. The van der Waals surface area contributed by atoms with Gasteiger partial charge in [-0.25, -0.2) is 0 Å². The number of amides is 1. The van der Waals surface area contributed by atoms with E-state index in [0.29, 0.717) is 16.8 Å². The first-order chi connectivity index (χ1) is 10.8. The molecule has 23 heavy (non-hydrogen) atoms. The first-order valence-corrected chi connectivity index (χ1v) is 7.00. The van der Waals surface area contributed by atoms with Gasteiger partial charge in [-0.15, -0.1) is 0 Å². The lowest BCUT2D eigenvalue weighted by Crippen LogP contribution is -2.19.